The number of nitrogens with one attached hydrogen (secondary N) is 1. The number of anilines is 1. The van der Waals surface area contributed by atoms with Crippen molar-refractivity contribution in [3.05, 3.63) is 34.5 Å². The fourth-order valence-electron chi connectivity index (χ4n) is 4.66. The highest BCUT2D eigenvalue weighted by atomic mass is 32.2. The number of fused-ring (bicyclic) bond motifs is 3. The highest BCUT2D eigenvalue weighted by Crippen LogP contribution is 2.38. The number of aromatic nitrogens is 2. The van der Waals surface area contributed by atoms with E-state index < -0.39 is 15.9 Å². The first-order chi connectivity index (χ1) is 13.9. The summed E-state index contributed by atoms with van der Waals surface area (Å²) in [5, 5.41) is 13.1. The monoisotopic (exact) mass is 415 g/mol. The number of hydrogen-bond acceptors (Lipinski definition) is 4. The molecular weight excluding hydrogens is 390 g/mol. The van der Waals surface area contributed by atoms with Gasteiger partial charge in [0.25, 0.3) is 0 Å². The van der Waals surface area contributed by atoms with Crippen molar-refractivity contribution < 1.29 is 13.7 Å². The predicted molar refractivity (Wildman–Crippen MR) is 109 cm³/mol. The summed E-state index contributed by atoms with van der Waals surface area (Å²) < 4.78 is 24.3. The Balaban J connectivity index is 1.48. The van der Waals surface area contributed by atoms with E-state index in [0.29, 0.717) is 12.4 Å². The van der Waals surface area contributed by atoms with Gasteiger partial charge in [-0.3, -0.25) is 0 Å². The lowest BCUT2D eigenvalue weighted by Crippen LogP contribution is -2.25. The maximum absolute atomic E-state index is 13.1. The van der Waals surface area contributed by atoms with Crippen molar-refractivity contribution in [2.24, 2.45) is 9.50 Å². The molecule has 2 heterocycles. The number of carbonyl (C=O) groups excluding carboxylic acids is 1. The molecular formula is C20H25N5O3S. The van der Waals surface area contributed by atoms with Crippen molar-refractivity contribution in [3.63, 3.8) is 0 Å². The summed E-state index contributed by atoms with van der Waals surface area (Å²) in [6.45, 7) is 2.58. The van der Waals surface area contributed by atoms with Crippen molar-refractivity contribution >= 4 is 21.6 Å². The predicted octanol–water partition coefficient (Wildman–Crippen LogP) is 2.96. The lowest BCUT2D eigenvalue weighted by Gasteiger charge is -2.22. The summed E-state index contributed by atoms with van der Waals surface area (Å²) in [5.41, 5.74) is 5.86. The van der Waals surface area contributed by atoms with Crippen LogP contribution in [0.15, 0.2) is 21.5 Å². The maximum Gasteiger partial charge on any atom is 0.354 e. The standard InChI is InChI=1S/C20H25N5O3S/c1-12-8-9-25-19(28-12)17(11-22-25)29(21,27)24-20(26)23-18-15-6-2-4-13(15)10-14-5-3-7-16(14)18/h10-12H,2-9H2,1H3,(H3,21,23,24,26,27). The van der Waals surface area contributed by atoms with Gasteiger partial charge in [-0.05, 0) is 67.7 Å². The summed E-state index contributed by atoms with van der Waals surface area (Å²) in [6.07, 6.45) is 8.30. The van der Waals surface area contributed by atoms with Gasteiger partial charge in [-0.1, -0.05) is 6.07 Å². The third kappa shape index (κ3) is 3.22. The Morgan fingerprint density at radius 2 is 1.97 bits per heavy atom. The lowest BCUT2D eigenvalue weighted by atomic mass is 9.99. The third-order valence-electron chi connectivity index (χ3n) is 6.06. The van der Waals surface area contributed by atoms with Crippen LogP contribution in [0.1, 0.15) is 48.4 Å². The van der Waals surface area contributed by atoms with Crippen LogP contribution in [0.5, 0.6) is 5.88 Å². The smallest absolute Gasteiger partial charge is 0.354 e. The molecule has 0 saturated heterocycles. The summed E-state index contributed by atoms with van der Waals surface area (Å²) >= 11 is 0. The molecule has 9 heteroatoms. The maximum atomic E-state index is 13.1. The van der Waals surface area contributed by atoms with Gasteiger partial charge in [-0.15, -0.1) is 4.36 Å². The molecule has 3 N–H and O–H groups in total. The fraction of sp³-hybridized carbons (Fsp3) is 0.500. The summed E-state index contributed by atoms with van der Waals surface area (Å²) in [7, 11) is -3.47. The van der Waals surface area contributed by atoms with E-state index in [1.807, 2.05) is 6.92 Å². The number of urea groups is 1. The Hall–Kier alpha value is -2.39. The molecule has 2 atom stereocenters. The summed E-state index contributed by atoms with van der Waals surface area (Å²) in [6, 6.07) is 1.61. The van der Waals surface area contributed by atoms with Gasteiger partial charge in [0, 0.05) is 18.7 Å². The molecule has 2 unspecified atom stereocenters. The van der Waals surface area contributed by atoms with Crippen LogP contribution < -0.4 is 15.2 Å². The highest BCUT2D eigenvalue weighted by molar-refractivity contribution is 7.91. The van der Waals surface area contributed by atoms with E-state index in [4.69, 9.17) is 9.88 Å². The molecule has 29 heavy (non-hydrogen) atoms. The number of ether oxygens (including phenoxy) is 1. The normalized spacial score (nSPS) is 21.5. The van der Waals surface area contributed by atoms with Crippen molar-refractivity contribution in [1.29, 1.82) is 0 Å². The van der Waals surface area contributed by atoms with Crippen LogP contribution in [0.4, 0.5) is 10.5 Å². The molecule has 8 nitrogen and oxygen atoms in total. The van der Waals surface area contributed by atoms with E-state index in [-0.39, 0.29) is 11.0 Å². The number of benzene rings is 1. The first kappa shape index (κ1) is 18.6. The molecule has 3 aliphatic rings. The fourth-order valence-corrected chi connectivity index (χ4v) is 5.65. The van der Waals surface area contributed by atoms with E-state index in [1.54, 1.807) is 4.68 Å². The van der Waals surface area contributed by atoms with Gasteiger partial charge >= 0.3 is 6.03 Å². The molecule has 154 valence electrons. The number of hydrogen-bond donors (Lipinski definition) is 2. The summed E-state index contributed by atoms with van der Waals surface area (Å²) in [4.78, 5) is 12.9. The van der Waals surface area contributed by atoms with Crippen LogP contribution in [0.25, 0.3) is 0 Å². The van der Waals surface area contributed by atoms with Crippen molar-refractivity contribution in [2.75, 3.05) is 5.32 Å². The van der Waals surface area contributed by atoms with Gasteiger partial charge in [-0.2, -0.15) is 5.10 Å². The molecule has 2 amide bonds. The van der Waals surface area contributed by atoms with Crippen LogP contribution in [0.2, 0.25) is 0 Å². The molecule has 0 fully saturated rings. The molecule has 1 aromatic carbocycles. The van der Waals surface area contributed by atoms with Crippen LogP contribution in [-0.4, -0.2) is 26.1 Å². The zero-order chi connectivity index (χ0) is 20.2. The first-order valence-electron chi connectivity index (χ1n) is 10.2. The second kappa shape index (κ2) is 6.84. The van der Waals surface area contributed by atoms with Crippen LogP contribution in [-0.2, 0) is 42.1 Å². The SMILES string of the molecule is CC1CCn2ncc(S(N)(=O)=NC(=O)Nc3c4c(cc5c3CCC5)CCC4)c2O1. The average molecular weight is 416 g/mol. The van der Waals surface area contributed by atoms with Crippen LogP contribution >= 0.6 is 0 Å². The zero-order valence-corrected chi connectivity index (χ0v) is 17.3. The second-order valence-corrected chi connectivity index (χ2v) is 9.84. The van der Waals surface area contributed by atoms with Crippen molar-refractivity contribution in [2.45, 2.75) is 69.4 Å². The van der Waals surface area contributed by atoms with Gasteiger partial charge in [0.2, 0.25) is 5.88 Å². The molecule has 0 spiro atoms. The average Bonchev–Trinajstić information content (AvgIpc) is 3.39. The molecule has 2 aromatic rings. The second-order valence-electron chi connectivity index (χ2n) is 8.08. The molecule has 0 saturated carbocycles. The van der Waals surface area contributed by atoms with Gasteiger partial charge in [0.15, 0.2) is 9.92 Å². The Morgan fingerprint density at radius 3 is 2.66 bits per heavy atom. The quantitative estimate of drug-likeness (QED) is 0.785. The minimum Gasteiger partial charge on any atom is -0.474 e. The van der Waals surface area contributed by atoms with Gasteiger partial charge in [0.1, 0.15) is 4.90 Å². The Labute approximate surface area is 170 Å². The number of nitrogens with two attached hydrogens (primary N) is 1. The third-order valence-corrected chi connectivity index (χ3v) is 7.41. The number of rotatable bonds is 2. The van der Waals surface area contributed by atoms with Crippen LogP contribution in [0, 0.1) is 0 Å². The number of aryl methyl sites for hydroxylation is 3. The highest BCUT2D eigenvalue weighted by Gasteiger charge is 2.28. The number of carbonyl (C=O) groups is 1. The molecule has 0 radical (unpaired) electrons. The molecule has 0 bridgehead atoms. The van der Waals surface area contributed by atoms with Crippen molar-refractivity contribution in [1.82, 2.24) is 9.78 Å². The van der Waals surface area contributed by atoms with Gasteiger partial charge in [0.05, 0.1) is 12.3 Å². The molecule has 5 rings (SSSR count). The van der Waals surface area contributed by atoms with E-state index in [2.05, 4.69) is 20.8 Å². The van der Waals surface area contributed by atoms with Gasteiger partial charge < -0.3 is 10.1 Å². The van der Waals surface area contributed by atoms with E-state index in [9.17, 15) is 9.00 Å². The van der Waals surface area contributed by atoms with Crippen molar-refractivity contribution in [3.8, 4) is 5.88 Å². The Kier molecular flexibility index (Phi) is 4.40. The first-order valence-corrected chi connectivity index (χ1v) is 11.7. The zero-order valence-electron chi connectivity index (χ0n) is 16.4. The largest absolute Gasteiger partial charge is 0.474 e. The minimum atomic E-state index is -3.47. The van der Waals surface area contributed by atoms with E-state index in [1.165, 1.54) is 28.5 Å². The van der Waals surface area contributed by atoms with Crippen LogP contribution in [0.3, 0.4) is 0 Å². The topological polar surface area (TPSA) is 112 Å². The number of nitrogens with zero attached hydrogens (tertiary/aromatic N) is 3. The lowest BCUT2D eigenvalue weighted by molar-refractivity contribution is 0.144. The van der Waals surface area contributed by atoms with Gasteiger partial charge in [-0.25, -0.2) is 18.8 Å². The molecule has 1 aliphatic heterocycles. The molecule has 2 aliphatic carbocycles. The summed E-state index contributed by atoms with van der Waals surface area (Å²) in [5.74, 6) is 0.342. The minimum absolute atomic E-state index is 0.0310. The number of amides is 2. The Morgan fingerprint density at radius 1 is 1.28 bits per heavy atom. The Bertz CT molecular complexity index is 1100. The van der Waals surface area contributed by atoms with E-state index in [0.717, 1.165) is 50.6 Å². The van der Waals surface area contributed by atoms with E-state index >= 15 is 0 Å². The molecule has 1 aromatic heterocycles.